The lowest BCUT2D eigenvalue weighted by Crippen LogP contribution is -2.21. The molecule has 6 heteroatoms. The Morgan fingerprint density at radius 1 is 1.23 bits per heavy atom. The van der Waals surface area contributed by atoms with Gasteiger partial charge in [0.2, 0.25) is 11.9 Å². The van der Waals surface area contributed by atoms with Crippen LogP contribution in [0.1, 0.15) is 18.4 Å². The van der Waals surface area contributed by atoms with E-state index in [0.717, 1.165) is 25.9 Å². The number of carbonyl (C=O) groups excluding carboxylic acids is 1. The van der Waals surface area contributed by atoms with E-state index in [2.05, 4.69) is 20.2 Å². The van der Waals surface area contributed by atoms with E-state index in [1.807, 2.05) is 0 Å². The number of anilines is 2. The molecule has 22 heavy (non-hydrogen) atoms. The molecule has 1 aromatic carbocycles. The van der Waals surface area contributed by atoms with Crippen LogP contribution in [-0.4, -0.2) is 29.0 Å². The predicted octanol–water partition coefficient (Wildman–Crippen LogP) is 2.40. The lowest BCUT2D eigenvalue weighted by Gasteiger charge is -2.14. The summed E-state index contributed by atoms with van der Waals surface area (Å²) in [6.07, 6.45) is 5.64. The molecule has 0 bridgehead atoms. The molecule has 5 nitrogen and oxygen atoms in total. The van der Waals surface area contributed by atoms with Gasteiger partial charge in [0.05, 0.1) is 24.5 Å². The lowest BCUT2D eigenvalue weighted by atomic mass is 10.1. The molecule has 0 unspecified atom stereocenters. The van der Waals surface area contributed by atoms with Crippen LogP contribution in [0.2, 0.25) is 0 Å². The molecule has 0 saturated carbocycles. The zero-order chi connectivity index (χ0) is 15.4. The van der Waals surface area contributed by atoms with E-state index < -0.39 is 0 Å². The minimum Gasteiger partial charge on any atom is -0.341 e. The van der Waals surface area contributed by atoms with E-state index in [-0.39, 0.29) is 18.1 Å². The molecule has 0 aliphatic carbocycles. The average Bonchev–Trinajstić information content (AvgIpc) is 3.02. The topological polar surface area (TPSA) is 58.1 Å². The van der Waals surface area contributed by atoms with E-state index in [4.69, 9.17) is 0 Å². The van der Waals surface area contributed by atoms with Crippen molar-refractivity contribution in [1.29, 1.82) is 0 Å². The summed E-state index contributed by atoms with van der Waals surface area (Å²) in [6.45, 7) is 1.95. The van der Waals surface area contributed by atoms with Crippen molar-refractivity contribution >= 4 is 17.5 Å². The first-order valence-corrected chi connectivity index (χ1v) is 7.32. The monoisotopic (exact) mass is 300 g/mol. The molecule has 0 radical (unpaired) electrons. The Hall–Kier alpha value is -2.50. The zero-order valence-electron chi connectivity index (χ0n) is 12.1. The van der Waals surface area contributed by atoms with Crippen LogP contribution in [0.25, 0.3) is 0 Å². The van der Waals surface area contributed by atoms with Crippen molar-refractivity contribution in [3.05, 3.63) is 48.0 Å². The lowest BCUT2D eigenvalue weighted by molar-refractivity contribution is -0.115. The second-order valence-corrected chi connectivity index (χ2v) is 5.32. The molecule has 1 aliphatic rings. The molecule has 1 aliphatic heterocycles. The minimum atomic E-state index is -0.344. The first-order chi connectivity index (χ1) is 10.7. The van der Waals surface area contributed by atoms with Crippen LogP contribution in [0.5, 0.6) is 0 Å². The summed E-state index contributed by atoms with van der Waals surface area (Å²) in [5.41, 5.74) is 1.18. The van der Waals surface area contributed by atoms with Gasteiger partial charge in [0.1, 0.15) is 5.82 Å². The Labute approximate surface area is 128 Å². The largest absolute Gasteiger partial charge is 0.341 e. The second kappa shape index (κ2) is 6.51. The number of aromatic nitrogens is 2. The van der Waals surface area contributed by atoms with Gasteiger partial charge in [-0.05, 0) is 30.5 Å². The minimum absolute atomic E-state index is 0.117. The van der Waals surface area contributed by atoms with Gasteiger partial charge in [0, 0.05) is 13.1 Å². The highest BCUT2D eigenvalue weighted by atomic mass is 19.1. The first-order valence-electron chi connectivity index (χ1n) is 7.32. The van der Waals surface area contributed by atoms with E-state index in [0.29, 0.717) is 17.2 Å². The van der Waals surface area contributed by atoms with Crippen molar-refractivity contribution in [2.75, 3.05) is 23.3 Å². The van der Waals surface area contributed by atoms with Gasteiger partial charge in [-0.2, -0.15) is 0 Å². The van der Waals surface area contributed by atoms with Crippen LogP contribution in [-0.2, 0) is 11.2 Å². The number of halogens is 1. The fraction of sp³-hybridized carbons (Fsp3) is 0.312. The Morgan fingerprint density at radius 2 is 1.95 bits per heavy atom. The molecule has 0 spiro atoms. The van der Waals surface area contributed by atoms with E-state index >= 15 is 0 Å². The smallest absolute Gasteiger partial charge is 0.228 e. The van der Waals surface area contributed by atoms with Crippen molar-refractivity contribution in [2.45, 2.75) is 19.3 Å². The maximum absolute atomic E-state index is 13.1. The van der Waals surface area contributed by atoms with Crippen LogP contribution in [0.3, 0.4) is 0 Å². The molecule has 2 aromatic rings. The van der Waals surface area contributed by atoms with Gasteiger partial charge in [0.15, 0.2) is 0 Å². The Morgan fingerprint density at radius 3 is 2.64 bits per heavy atom. The van der Waals surface area contributed by atoms with E-state index in [9.17, 15) is 9.18 Å². The van der Waals surface area contributed by atoms with Gasteiger partial charge in [-0.15, -0.1) is 0 Å². The van der Waals surface area contributed by atoms with Crippen LogP contribution >= 0.6 is 0 Å². The van der Waals surface area contributed by atoms with Crippen molar-refractivity contribution in [3.8, 4) is 0 Å². The summed E-state index contributed by atoms with van der Waals surface area (Å²) in [7, 11) is 0. The van der Waals surface area contributed by atoms with Crippen LogP contribution in [0.15, 0.2) is 36.7 Å². The third-order valence-electron chi connectivity index (χ3n) is 3.56. The average molecular weight is 300 g/mol. The summed E-state index contributed by atoms with van der Waals surface area (Å²) in [4.78, 5) is 22.6. The molecule has 1 N–H and O–H groups in total. The molecule has 0 atom stereocenters. The Balaban J connectivity index is 1.59. The molecule has 1 fully saturated rings. The maximum Gasteiger partial charge on any atom is 0.228 e. The SMILES string of the molecule is O=C(Cc1cccc(F)c1)Nc1cnc(N2CCCC2)nc1. The molecule has 1 saturated heterocycles. The summed E-state index contributed by atoms with van der Waals surface area (Å²) in [5, 5.41) is 2.72. The summed E-state index contributed by atoms with van der Waals surface area (Å²) in [5.74, 6) is 0.132. The highest BCUT2D eigenvalue weighted by Crippen LogP contribution is 2.16. The van der Waals surface area contributed by atoms with Gasteiger partial charge in [-0.25, -0.2) is 14.4 Å². The highest BCUT2D eigenvalue weighted by molar-refractivity contribution is 5.91. The number of hydrogen-bond donors (Lipinski definition) is 1. The van der Waals surface area contributed by atoms with Gasteiger partial charge >= 0.3 is 0 Å². The maximum atomic E-state index is 13.1. The highest BCUT2D eigenvalue weighted by Gasteiger charge is 2.14. The standard InChI is InChI=1S/C16H17FN4O/c17-13-5-3-4-12(8-13)9-15(22)20-14-10-18-16(19-11-14)21-6-1-2-7-21/h3-5,8,10-11H,1-2,6-7,9H2,(H,20,22). The van der Waals surface area contributed by atoms with Crippen LogP contribution < -0.4 is 10.2 Å². The van der Waals surface area contributed by atoms with Gasteiger partial charge in [-0.3, -0.25) is 4.79 Å². The number of carbonyl (C=O) groups is 1. The van der Waals surface area contributed by atoms with Crippen molar-refractivity contribution < 1.29 is 9.18 Å². The summed E-state index contributed by atoms with van der Waals surface area (Å²) < 4.78 is 13.1. The third kappa shape index (κ3) is 3.58. The summed E-state index contributed by atoms with van der Waals surface area (Å²) in [6, 6.07) is 6.01. The molecular weight excluding hydrogens is 283 g/mol. The fourth-order valence-corrected chi connectivity index (χ4v) is 2.50. The van der Waals surface area contributed by atoms with Crippen molar-refractivity contribution in [3.63, 3.8) is 0 Å². The van der Waals surface area contributed by atoms with Gasteiger partial charge in [0.25, 0.3) is 0 Å². The van der Waals surface area contributed by atoms with Crippen molar-refractivity contribution in [2.24, 2.45) is 0 Å². The normalized spacial score (nSPS) is 14.1. The molecule has 2 heterocycles. The number of nitrogens with one attached hydrogen (secondary N) is 1. The number of amides is 1. The Kier molecular flexibility index (Phi) is 4.27. The predicted molar refractivity (Wildman–Crippen MR) is 82.2 cm³/mol. The molecule has 114 valence electrons. The first kappa shape index (κ1) is 14.4. The number of benzene rings is 1. The van der Waals surface area contributed by atoms with E-state index in [1.165, 1.54) is 12.1 Å². The second-order valence-electron chi connectivity index (χ2n) is 5.32. The zero-order valence-corrected chi connectivity index (χ0v) is 12.1. The van der Waals surface area contributed by atoms with Crippen LogP contribution in [0.4, 0.5) is 16.0 Å². The van der Waals surface area contributed by atoms with Gasteiger partial charge < -0.3 is 10.2 Å². The Bertz CT molecular complexity index is 653. The van der Waals surface area contributed by atoms with E-state index in [1.54, 1.807) is 24.5 Å². The fourth-order valence-electron chi connectivity index (χ4n) is 2.50. The number of rotatable bonds is 4. The van der Waals surface area contributed by atoms with Gasteiger partial charge in [-0.1, -0.05) is 12.1 Å². The van der Waals surface area contributed by atoms with Crippen LogP contribution in [0, 0.1) is 5.82 Å². The quantitative estimate of drug-likeness (QED) is 0.942. The molecule has 1 aromatic heterocycles. The molecule has 3 rings (SSSR count). The molecule has 1 amide bonds. The third-order valence-corrected chi connectivity index (χ3v) is 3.56. The number of hydrogen-bond acceptors (Lipinski definition) is 4. The van der Waals surface area contributed by atoms with Crippen molar-refractivity contribution in [1.82, 2.24) is 9.97 Å². The summed E-state index contributed by atoms with van der Waals surface area (Å²) >= 11 is 0. The number of nitrogens with zero attached hydrogens (tertiary/aromatic N) is 3. The molecular formula is C16H17FN4O.